The van der Waals surface area contributed by atoms with Crippen molar-refractivity contribution in [2.24, 2.45) is 0 Å². The third-order valence-electron chi connectivity index (χ3n) is 4.85. The van der Waals surface area contributed by atoms with Crippen molar-refractivity contribution in [3.05, 3.63) is 64.9 Å². The molecule has 0 aliphatic carbocycles. The molecule has 11 heteroatoms. The van der Waals surface area contributed by atoms with E-state index in [1.807, 2.05) is 0 Å². The van der Waals surface area contributed by atoms with E-state index in [-0.39, 0.29) is 30.2 Å². The van der Waals surface area contributed by atoms with E-state index in [4.69, 9.17) is 16.3 Å². The van der Waals surface area contributed by atoms with Crippen molar-refractivity contribution in [3.63, 3.8) is 0 Å². The molecule has 2 aromatic carbocycles. The van der Waals surface area contributed by atoms with Crippen molar-refractivity contribution in [2.45, 2.75) is 42.3 Å². The summed E-state index contributed by atoms with van der Waals surface area (Å²) < 4.78 is 45.4. The summed E-state index contributed by atoms with van der Waals surface area (Å²) >= 11 is 5.75. The van der Waals surface area contributed by atoms with Gasteiger partial charge in [0.05, 0.1) is 17.4 Å². The smallest absolute Gasteiger partial charge is 0.240 e. The Bertz CT molecular complexity index is 1000. The zero-order chi connectivity index (χ0) is 22.6. The Hall–Kier alpha value is -2.08. The molecule has 1 aliphatic heterocycles. The molecule has 0 spiro atoms. The van der Waals surface area contributed by atoms with Gasteiger partial charge in [-0.25, -0.2) is 17.5 Å². The standard InChI is InChI=1S/C20H22ClFN2O6S/c21-13-3-7-15(8-4-13)31(28,29)24-11-17-20(27)19(26)16(30-17)9-18(25)23-10-12-1-5-14(22)6-2-12/h1-8,16-17,19-20,24,26-27H,9-11H2,(H,23,25). The van der Waals surface area contributed by atoms with Gasteiger partial charge in [0.1, 0.15) is 24.1 Å². The van der Waals surface area contributed by atoms with Gasteiger partial charge < -0.3 is 20.3 Å². The van der Waals surface area contributed by atoms with Crippen LogP contribution < -0.4 is 10.0 Å². The second kappa shape index (κ2) is 10.0. The summed E-state index contributed by atoms with van der Waals surface area (Å²) in [5, 5.41) is 23.4. The molecule has 1 amide bonds. The maximum absolute atomic E-state index is 12.9. The van der Waals surface area contributed by atoms with Crippen LogP contribution in [0.5, 0.6) is 0 Å². The Morgan fingerprint density at radius 2 is 1.65 bits per heavy atom. The number of amides is 1. The Labute approximate surface area is 184 Å². The minimum atomic E-state index is -3.88. The van der Waals surface area contributed by atoms with E-state index in [2.05, 4.69) is 10.0 Å². The fraction of sp³-hybridized carbons (Fsp3) is 0.350. The van der Waals surface area contributed by atoms with Crippen LogP contribution in [0.2, 0.25) is 5.02 Å². The second-order valence-electron chi connectivity index (χ2n) is 7.11. The summed E-state index contributed by atoms with van der Waals surface area (Å²) in [6.07, 6.45) is -5.01. The molecule has 1 heterocycles. The summed E-state index contributed by atoms with van der Waals surface area (Å²) in [6, 6.07) is 11.1. The quantitative estimate of drug-likeness (QED) is 0.453. The number of ether oxygens (including phenoxy) is 1. The number of nitrogens with one attached hydrogen (secondary N) is 2. The predicted molar refractivity (Wildman–Crippen MR) is 110 cm³/mol. The lowest BCUT2D eigenvalue weighted by molar-refractivity contribution is -0.125. The van der Waals surface area contributed by atoms with Crippen molar-refractivity contribution < 1.29 is 32.6 Å². The summed E-state index contributed by atoms with van der Waals surface area (Å²) in [6.45, 7) is -0.133. The van der Waals surface area contributed by atoms with Gasteiger partial charge >= 0.3 is 0 Å². The zero-order valence-electron chi connectivity index (χ0n) is 16.2. The monoisotopic (exact) mass is 472 g/mol. The van der Waals surface area contributed by atoms with Crippen molar-refractivity contribution in [1.82, 2.24) is 10.0 Å². The van der Waals surface area contributed by atoms with E-state index in [0.29, 0.717) is 10.6 Å². The minimum Gasteiger partial charge on any atom is -0.388 e. The first-order chi connectivity index (χ1) is 14.7. The molecule has 1 fully saturated rings. The molecule has 0 saturated carbocycles. The number of rotatable bonds is 8. The lowest BCUT2D eigenvalue weighted by Gasteiger charge is -2.15. The maximum Gasteiger partial charge on any atom is 0.240 e. The lowest BCUT2D eigenvalue weighted by Crippen LogP contribution is -2.40. The molecule has 0 aromatic heterocycles. The summed E-state index contributed by atoms with van der Waals surface area (Å²) in [7, 11) is -3.88. The van der Waals surface area contributed by atoms with Crippen molar-refractivity contribution in [1.29, 1.82) is 0 Å². The fourth-order valence-corrected chi connectivity index (χ4v) is 4.28. The van der Waals surface area contributed by atoms with Crippen LogP contribution in [0.4, 0.5) is 4.39 Å². The highest BCUT2D eigenvalue weighted by Gasteiger charge is 2.43. The van der Waals surface area contributed by atoms with Crippen molar-refractivity contribution in [2.75, 3.05) is 6.54 Å². The molecule has 3 rings (SSSR count). The number of hydrogen-bond acceptors (Lipinski definition) is 6. The van der Waals surface area contributed by atoms with Gasteiger partial charge in [0.25, 0.3) is 0 Å². The Morgan fingerprint density at radius 3 is 2.29 bits per heavy atom. The number of carbonyl (C=O) groups is 1. The summed E-state index contributed by atoms with van der Waals surface area (Å²) in [5.74, 6) is -0.827. The Balaban J connectivity index is 1.51. The van der Waals surface area contributed by atoms with Gasteiger partial charge in [-0.15, -0.1) is 0 Å². The summed E-state index contributed by atoms with van der Waals surface area (Å²) in [4.78, 5) is 12.1. The van der Waals surface area contributed by atoms with Crippen LogP contribution >= 0.6 is 11.6 Å². The first kappa shape index (κ1) is 23.6. The van der Waals surface area contributed by atoms with E-state index in [1.54, 1.807) is 0 Å². The van der Waals surface area contributed by atoms with Gasteiger partial charge in [-0.2, -0.15) is 0 Å². The van der Waals surface area contributed by atoms with Crippen LogP contribution in [0.15, 0.2) is 53.4 Å². The van der Waals surface area contributed by atoms with Crippen LogP contribution in [0.25, 0.3) is 0 Å². The number of aliphatic hydroxyl groups is 2. The maximum atomic E-state index is 12.9. The average molecular weight is 473 g/mol. The highest BCUT2D eigenvalue weighted by Crippen LogP contribution is 2.24. The molecule has 1 aliphatic rings. The predicted octanol–water partition coefficient (Wildman–Crippen LogP) is 0.953. The number of benzene rings is 2. The number of sulfonamides is 1. The Kier molecular flexibility index (Phi) is 7.63. The third kappa shape index (κ3) is 6.22. The van der Waals surface area contributed by atoms with Crippen molar-refractivity contribution in [3.8, 4) is 0 Å². The van der Waals surface area contributed by atoms with Gasteiger partial charge in [-0.05, 0) is 42.0 Å². The molecule has 4 unspecified atom stereocenters. The third-order valence-corrected chi connectivity index (χ3v) is 6.54. The molecule has 0 bridgehead atoms. The molecule has 1 saturated heterocycles. The second-order valence-corrected chi connectivity index (χ2v) is 9.31. The van der Waals surface area contributed by atoms with Gasteiger partial charge in [0.15, 0.2) is 0 Å². The fourth-order valence-electron chi connectivity index (χ4n) is 3.11. The summed E-state index contributed by atoms with van der Waals surface area (Å²) in [5.41, 5.74) is 0.692. The van der Waals surface area contributed by atoms with Gasteiger partial charge in [-0.1, -0.05) is 23.7 Å². The van der Waals surface area contributed by atoms with Crippen molar-refractivity contribution >= 4 is 27.5 Å². The lowest BCUT2D eigenvalue weighted by atomic mass is 10.1. The van der Waals surface area contributed by atoms with E-state index in [9.17, 15) is 27.8 Å². The first-order valence-electron chi connectivity index (χ1n) is 9.43. The average Bonchev–Trinajstić information content (AvgIpc) is 3.00. The highest BCUT2D eigenvalue weighted by atomic mass is 35.5. The van der Waals surface area contributed by atoms with Crippen LogP contribution in [0.3, 0.4) is 0 Å². The number of carbonyl (C=O) groups excluding carboxylic acids is 1. The topological polar surface area (TPSA) is 125 Å². The minimum absolute atomic E-state index is 0.0124. The van der Waals surface area contributed by atoms with Gasteiger partial charge in [0, 0.05) is 18.1 Å². The van der Waals surface area contributed by atoms with E-state index < -0.39 is 40.3 Å². The molecule has 4 atom stereocenters. The largest absolute Gasteiger partial charge is 0.388 e. The van der Waals surface area contributed by atoms with Crippen LogP contribution in [0.1, 0.15) is 12.0 Å². The van der Waals surface area contributed by atoms with Crippen LogP contribution in [-0.2, 0) is 26.1 Å². The van der Waals surface area contributed by atoms with Crippen LogP contribution in [0, 0.1) is 5.82 Å². The van der Waals surface area contributed by atoms with E-state index >= 15 is 0 Å². The van der Waals surface area contributed by atoms with Gasteiger partial charge in [0.2, 0.25) is 15.9 Å². The van der Waals surface area contributed by atoms with E-state index in [0.717, 1.165) is 0 Å². The number of hydrogen-bond donors (Lipinski definition) is 4. The Morgan fingerprint density at radius 1 is 1.03 bits per heavy atom. The first-order valence-corrected chi connectivity index (χ1v) is 11.3. The van der Waals surface area contributed by atoms with E-state index in [1.165, 1.54) is 48.5 Å². The molecule has 0 radical (unpaired) electrons. The molecule has 4 N–H and O–H groups in total. The van der Waals surface area contributed by atoms with Gasteiger partial charge in [-0.3, -0.25) is 4.79 Å². The number of halogens is 2. The number of aliphatic hydroxyl groups excluding tert-OH is 2. The molecular weight excluding hydrogens is 451 g/mol. The molecule has 31 heavy (non-hydrogen) atoms. The normalized spacial score (nSPS) is 23.6. The molecule has 8 nitrogen and oxygen atoms in total. The molecule has 2 aromatic rings. The van der Waals surface area contributed by atoms with Crippen LogP contribution in [-0.4, -0.2) is 55.5 Å². The highest BCUT2D eigenvalue weighted by molar-refractivity contribution is 7.89. The molecular formula is C20H22ClFN2O6S. The zero-order valence-corrected chi connectivity index (χ0v) is 17.8. The molecule has 168 valence electrons. The SMILES string of the molecule is O=C(CC1OC(CNS(=O)(=O)c2ccc(Cl)cc2)C(O)C1O)NCc1ccc(F)cc1.